The Labute approximate surface area is 152 Å². The van der Waals surface area contributed by atoms with Gasteiger partial charge in [0.15, 0.2) is 6.61 Å². The molecule has 1 heterocycles. The number of phenolic OH excluding ortho intramolecular Hbond substituents is 1. The quantitative estimate of drug-likeness (QED) is 0.806. The first kappa shape index (κ1) is 17.8. The second kappa shape index (κ2) is 8.38. The molecule has 2 aromatic rings. The maximum absolute atomic E-state index is 12.0. The molecule has 1 fully saturated rings. The van der Waals surface area contributed by atoms with Gasteiger partial charge in [0.1, 0.15) is 11.3 Å². The second-order valence-electron chi connectivity index (χ2n) is 6.24. The average molecular weight is 354 g/mol. The minimum Gasteiger partial charge on any atom is -0.507 e. The minimum absolute atomic E-state index is 0.0335. The zero-order chi connectivity index (χ0) is 18.4. The van der Waals surface area contributed by atoms with Gasteiger partial charge in [-0.25, -0.2) is 4.79 Å². The van der Waals surface area contributed by atoms with Crippen molar-refractivity contribution >= 4 is 23.3 Å². The Morgan fingerprint density at radius 1 is 1.00 bits per heavy atom. The molecule has 1 amide bonds. The van der Waals surface area contributed by atoms with Crippen molar-refractivity contribution in [1.29, 1.82) is 0 Å². The predicted octanol–water partition coefficient (Wildman–Crippen LogP) is 3.18. The summed E-state index contributed by atoms with van der Waals surface area (Å²) in [6.07, 6.45) is 3.70. The Balaban J connectivity index is 1.50. The van der Waals surface area contributed by atoms with Crippen LogP contribution in [-0.2, 0) is 9.53 Å². The lowest BCUT2D eigenvalue weighted by atomic mass is 10.1. The number of piperidine rings is 1. The normalized spacial score (nSPS) is 13.9. The first-order valence-electron chi connectivity index (χ1n) is 8.73. The summed E-state index contributed by atoms with van der Waals surface area (Å²) in [5, 5.41) is 12.3. The molecule has 3 rings (SSSR count). The Morgan fingerprint density at radius 2 is 1.69 bits per heavy atom. The summed E-state index contributed by atoms with van der Waals surface area (Å²) in [6.45, 7) is 1.71. The van der Waals surface area contributed by atoms with E-state index >= 15 is 0 Å². The standard InChI is InChI=1S/C20H22N2O4/c23-18-7-3-2-6-17(18)20(25)26-14-19(24)21-15-8-10-16(11-9-15)22-12-4-1-5-13-22/h2-3,6-11,23H,1,4-5,12-14H2,(H,21,24). The number of benzene rings is 2. The summed E-state index contributed by atoms with van der Waals surface area (Å²) >= 11 is 0. The van der Waals surface area contributed by atoms with Crippen molar-refractivity contribution < 1.29 is 19.4 Å². The van der Waals surface area contributed by atoms with Crippen molar-refractivity contribution in [1.82, 2.24) is 0 Å². The smallest absolute Gasteiger partial charge is 0.342 e. The maximum atomic E-state index is 12.0. The van der Waals surface area contributed by atoms with Gasteiger partial charge in [-0.05, 0) is 55.7 Å². The lowest BCUT2D eigenvalue weighted by Gasteiger charge is -2.28. The zero-order valence-corrected chi connectivity index (χ0v) is 14.5. The molecule has 2 N–H and O–H groups in total. The maximum Gasteiger partial charge on any atom is 0.342 e. The molecule has 136 valence electrons. The summed E-state index contributed by atoms with van der Waals surface area (Å²) in [7, 11) is 0. The highest BCUT2D eigenvalue weighted by Gasteiger charge is 2.14. The van der Waals surface area contributed by atoms with E-state index in [9.17, 15) is 14.7 Å². The average Bonchev–Trinajstić information content (AvgIpc) is 2.68. The van der Waals surface area contributed by atoms with E-state index in [0.717, 1.165) is 18.8 Å². The van der Waals surface area contributed by atoms with E-state index in [2.05, 4.69) is 10.2 Å². The molecule has 0 bridgehead atoms. The first-order valence-corrected chi connectivity index (χ1v) is 8.73. The lowest BCUT2D eigenvalue weighted by molar-refractivity contribution is -0.119. The molecule has 1 aliphatic heterocycles. The fourth-order valence-corrected chi connectivity index (χ4v) is 2.96. The molecule has 1 aliphatic rings. The molecular formula is C20H22N2O4. The van der Waals surface area contributed by atoms with Crippen molar-refractivity contribution in [2.45, 2.75) is 19.3 Å². The third kappa shape index (κ3) is 4.53. The summed E-state index contributed by atoms with van der Waals surface area (Å²) in [5.41, 5.74) is 1.83. The summed E-state index contributed by atoms with van der Waals surface area (Å²) in [4.78, 5) is 26.2. The molecule has 0 radical (unpaired) electrons. The molecule has 2 aromatic carbocycles. The molecule has 0 aliphatic carbocycles. The molecule has 6 heteroatoms. The molecule has 6 nitrogen and oxygen atoms in total. The van der Waals surface area contributed by atoms with E-state index < -0.39 is 18.5 Å². The number of anilines is 2. The highest BCUT2D eigenvalue weighted by atomic mass is 16.5. The number of rotatable bonds is 5. The molecule has 0 unspecified atom stereocenters. The number of carbonyl (C=O) groups is 2. The van der Waals surface area contributed by atoms with Crippen LogP contribution >= 0.6 is 0 Å². The number of ether oxygens (including phenoxy) is 1. The third-order valence-electron chi connectivity index (χ3n) is 4.33. The lowest BCUT2D eigenvalue weighted by Crippen LogP contribution is -2.29. The van der Waals surface area contributed by atoms with E-state index in [1.807, 2.05) is 24.3 Å². The van der Waals surface area contributed by atoms with Gasteiger partial charge in [-0.3, -0.25) is 4.79 Å². The van der Waals surface area contributed by atoms with Crippen molar-refractivity contribution in [2.75, 3.05) is 29.9 Å². The van der Waals surface area contributed by atoms with Gasteiger partial charge in [0.05, 0.1) is 0 Å². The number of nitrogens with one attached hydrogen (secondary N) is 1. The van der Waals surface area contributed by atoms with Crippen LogP contribution in [0.1, 0.15) is 29.6 Å². The number of hydrogen-bond acceptors (Lipinski definition) is 5. The number of hydrogen-bond donors (Lipinski definition) is 2. The Hall–Kier alpha value is -3.02. The van der Waals surface area contributed by atoms with Gasteiger partial charge in [-0.15, -0.1) is 0 Å². The predicted molar refractivity (Wildman–Crippen MR) is 99.5 cm³/mol. The molecule has 0 aromatic heterocycles. The number of phenols is 1. The zero-order valence-electron chi connectivity index (χ0n) is 14.5. The monoisotopic (exact) mass is 354 g/mol. The van der Waals surface area contributed by atoms with E-state index in [0.29, 0.717) is 5.69 Å². The number of amides is 1. The molecule has 1 saturated heterocycles. The van der Waals surface area contributed by atoms with Crippen molar-refractivity contribution in [2.24, 2.45) is 0 Å². The van der Waals surface area contributed by atoms with Crippen LogP contribution in [0.25, 0.3) is 0 Å². The van der Waals surface area contributed by atoms with Gasteiger partial charge >= 0.3 is 5.97 Å². The van der Waals surface area contributed by atoms with Gasteiger partial charge in [0.25, 0.3) is 5.91 Å². The Morgan fingerprint density at radius 3 is 2.38 bits per heavy atom. The fourth-order valence-electron chi connectivity index (χ4n) is 2.96. The number of esters is 1. The number of nitrogens with zero attached hydrogens (tertiary/aromatic N) is 1. The Bertz CT molecular complexity index is 768. The van der Waals surface area contributed by atoms with Gasteiger partial charge in [0, 0.05) is 24.5 Å². The van der Waals surface area contributed by atoms with Crippen LogP contribution in [0.5, 0.6) is 5.75 Å². The van der Waals surface area contributed by atoms with E-state index in [1.54, 1.807) is 12.1 Å². The van der Waals surface area contributed by atoms with Crippen molar-refractivity contribution in [3.05, 3.63) is 54.1 Å². The summed E-state index contributed by atoms with van der Waals surface area (Å²) in [6, 6.07) is 13.7. The van der Waals surface area contributed by atoms with E-state index in [4.69, 9.17) is 4.74 Å². The van der Waals surface area contributed by atoms with Crippen LogP contribution in [0, 0.1) is 0 Å². The Kier molecular flexibility index (Phi) is 5.73. The summed E-state index contributed by atoms with van der Waals surface area (Å²) in [5.74, 6) is -1.34. The molecule has 0 atom stereocenters. The number of carbonyl (C=O) groups excluding carboxylic acids is 2. The third-order valence-corrected chi connectivity index (χ3v) is 4.33. The van der Waals surface area contributed by atoms with Gasteiger partial charge in [0.2, 0.25) is 0 Å². The summed E-state index contributed by atoms with van der Waals surface area (Å²) < 4.78 is 4.94. The number of para-hydroxylation sites is 1. The second-order valence-corrected chi connectivity index (χ2v) is 6.24. The number of aromatic hydroxyl groups is 1. The fraction of sp³-hybridized carbons (Fsp3) is 0.300. The van der Waals surface area contributed by atoms with Crippen LogP contribution < -0.4 is 10.2 Å². The van der Waals surface area contributed by atoms with Crippen LogP contribution in [0.4, 0.5) is 11.4 Å². The van der Waals surface area contributed by atoms with E-state index in [1.165, 1.54) is 31.4 Å². The highest BCUT2D eigenvalue weighted by molar-refractivity contribution is 5.96. The van der Waals surface area contributed by atoms with E-state index in [-0.39, 0.29) is 11.3 Å². The van der Waals surface area contributed by atoms with Crippen LogP contribution in [-0.4, -0.2) is 36.7 Å². The first-order chi connectivity index (χ1) is 12.6. The topological polar surface area (TPSA) is 78.9 Å². The van der Waals surface area contributed by atoms with Gasteiger partial charge in [-0.1, -0.05) is 12.1 Å². The SMILES string of the molecule is O=C(COC(=O)c1ccccc1O)Nc1ccc(N2CCCCC2)cc1. The van der Waals surface area contributed by atoms with Crippen LogP contribution in [0.15, 0.2) is 48.5 Å². The molecular weight excluding hydrogens is 332 g/mol. The van der Waals surface area contributed by atoms with Crippen LogP contribution in [0.3, 0.4) is 0 Å². The highest BCUT2D eigenvalue weighted by Crippen LogP contribution is 2.22. The van der Waals surface area contributed by atoms with Gasteiger partial charge < -0.3 is 20.1 Å². The van der Waals surface area contributed by atoms with Crippen LogP contribution in [0.2, 0.25) is 0 Å². The largest absolute Gasteiger partial charge is 0.507 e. The minimum atomic E-state index is -0.737. The molecule has 0 saturated carbocycles. The molecule has 26 heavy (non-hydrogen) atoms. The molecule has 0 spiro atoms. The van der Waals surface area contributed by atoms with Crippen molar-refractivity contribution in [3.8, 4) is 5.75 Å². The van der Waals surface area contributed by atoms with Crippen molar-refractivity contribution in [3.63, 3.8) is 0 Å². The van der Waals surface area contributed by atoms with Gasteiger partial charge in [-0.2, -0.15) is 0 Å².